The van der Waals surface area contributed by atoms with E-state index in [1.165, 1.54) is 30.0 Å². The number of hydrogen-bond donors (Lipinski definition) is 3. The highest BCUT2D eigenvalue weighted by molar-refractivity contribution is 8.00. The van der Waals surface area contributed by atoms with Crippen LogP contribution in [0.25, 0.3) is 0 Å². The van der Waals surface area contributed by atoms with E-state index in [0.29, 0.717) is 16.4 Å². The lowest BCUT2D eigenvalue weighted by atomic mass is 10.1. The molecule has 0 spiro atoms. The van der Waals surface area contributed by atoms with Crippen molar-refractivity contribution >= 4 is 64.1 Å². The van der Waals surface area contributed by atoms with Crippen LogP contribution in [0.15, 0.2) is 95.9 Å². The van der Waals surface area contributed by atoms with Crippen LogP contribution in [0.2, 0.25) is 10.0 Å². The summed E-state index contributed by atoms with van der Waals surface area (Å²) in [6, 6.07) is 25.6. The van der Waals surface area contributed by atoms with Gasteiger partial charge in [-0.1, -0.05) is 65.7 Å². The number of hydrogen-bond acceptors (Lipinski definition) is 4. The van der Waals surface area contributed by atoms with Crippen molar-refractivity contribution in [2.45, 2.75) is 17.1 Å². The zero-order chi connectivity index (χ0) is 27.2. The van der Waals surface area contributed by atoms with E-state index >= 15 is 0 Å². The Labute approximate surface area is 234 Å². The molecule has 0 aromatic heterocycles. The Hall–Kier alpha value is -3.78. The monoisotopic (exact) mass is 564 g/mol. The molecule has 4 rings (SSSR count). The fourth-order valence-electron chi connectivity index (χ4n) is 3.64. The van der Waals surface area contributed by atoms with Crippen molar-refractivity contribution in [3.8, 4) is 0 Å². The molecule has 9 heteroatoms. The number of benzene rings is 4. The highest BCUT2D eigenvalue weighted by Gasteiger charge is 2.23. The summed E-state index contributed by atoms with van der Waals surface area (Å²) >= 11 is 13.4. The second-order valence-corrected chi connectivity index (χ2v) is 10.4. The Bertz CT molecular complexity index is 1510. The molecular weight excluding hydrogens is 543 g/mol. The van der Waals surface area contributed by atoms with Crippen LogP contribution in [0.1, 0.15) is 37.1 Å². The van der Waals surface area contributed by atoms with Crippen molar-refractivity contribution in [2.75, 3.05) is 10.6 Å². The standard InChI is InChI=1S/C29H22Cl2N2O4S/c1-17-10-11-19(29(36)37)14-25(17)33-28(35)26(18-6-3-2-4-7-18)38-22-9-5-8-21(16-22)32-27(34)23-13-12-20(30)15-24(23)31/h2-16,26H,1H3,(H,32,34)(H,33,35)(H,36,37). The molecule has 0 radical (unpaired) electrons. The second kappa shape index (κ2) is 12.2. The molecule has 0 fully saturated rings. The number of carboxylic acids is 1. The van der Waals surface area contributed by atoms with Gasteiger partial charge in [0.25, 0.3) is 5.91 Å². The molecule has 0 saturated carbocycles. The molecule has 0 aliphatic heterocycles. The molecule has 38 heavy (non-hydrogen) atoms. The van der Waals surface area contributed by atoms with Gasteiger partial charge in [-0.25, -0.2) is 4.79 Å². The van der Waals surface area contributed by atoms with Gasteiger partial charge in [-0.15, -0.1) is 11.8 Å². The predicted molar refractivity (Wildman–Crippen MR) is 153 cm³/mol. The first-order valence-corrected chi connectivity index (χ1v) is 13.1. The number of carbonyl (C=O) groups is 3. The fraction of sp³-hybridized carbons (Fsp3) is 0.0690. The zero-order valence-corrected chi connectivity index (χ0v) is 22.4. The highest BCUT2D eigenvalue weighted by atomic mass is 35.5. The van der Waals surface area contributed by atoms with Crippen LogP contribution < -0.4 is 10.6 Å². The third-order valence-corrected chi connectivity index (χ3v) is 7.40. The lowest BCUT2D eigenvalue weighted by Crippen LogP contribution is -2.20. The second-order valence-electron chi connectivity index (χ2n) is 8.34. The molecular formula is C29H22Cl2N2O4S. The normalized spacial score (nSPS) is 11.4. The molecule has 4 aromatic carbocycles. The van der Waals surface area contributed by atoms with Crippen molar-refractivity contribution < 1.29 is 19.5 Å². The lowest BCUT2D eigenvalue weighted by molar-refractivity contribution is -0.115. The molecule has 0 heterocycles. The zero-order valence-electron chi connectivity index (χ0n) is 20.1. The van der Waals surface area contributed by atoms with Crippen molar-refractivity contribution in [1.82, 2.24) is 0 Å². The van der Waals surface area contributed by atoms with Crippen LogP contribution in [0.5, 0.6) is 0 Å². The molecule has 1 unspecified atom stereocenters. The van der Waals surface area contributed by atoms with Crippen molar-refractivity contribution in [1.29, 1.82) is 0 Å². The number of rotatable bonds is 8. The number of carbonyl (C=O) groups excluding carboxylic acids is 2. The Morgan fingerprint density at radius 1 is 0.842 bits per heavy atom. The minimum atomic E-state index is -1.08. The first kappa shape index (κ1) is 27.3. The maximum Gasteiger partial charge on any atom is 0.335 e. The number of aromatic carboxylic acids is 1. The van der Waals surface area contributed by atoms with Crippen LogP contribution in [0.4, 0.5) is 11.4 Å². The largest absolute Gasteiger partial charge is 0.478 e. The van der Waals surface area contributed by atoms with E-state index in [4.69, 9.17) is 23.2 Å². The van der Waals surface area contributed by atoms with E-state index in [1.807, 2.05) is 36.4 Å². The molecule has 3 N–H and O–H groups in total. The summed E-state index contributed by atoms with van der Waals surface area (Å²) in [4.78, 5) is 38.4. The summed E-state index contributed by atoms with van der Waals surface area (Å²) in [5.41, 5.74) is 2.84. The third-order valence-electron chi connectivity index (χ3n) is 5.60. The Morgan fingerprint density at radius 3 is 2.32 bits per heavy atom. The van der Waals surface area contributed by atoms with Crippen LogP contribution in [0.3, 0.4) is 0 Å². The average molecular weight is 565 g/mol. The number of halogens is 2. The molecule has 1 atom stereocenters. The van der Waals surface area contributed by atoms with Gasteiger partial charge in [0.1, 0.15) is 5.25 Å². The van der Waals surface area contributed by atoms with E-state index in [-0.39, 0.29) is 28.0 Å². The molecule has 0 aliphatic rings. The van der Waals surface area contributed by atoms with Crippen LogP contribution in [-0.2, 0) is 4.79 Å². The molecule has 6 nitrogen and oxygen atoms in total. The van der Waals surface area contributed by atoms with Gasteiger partial charge in [-0.2, -0.15) is 0 Å². The summed E-state index contributed by atoms with van der Waals surface area (Å²) in [7, 11) is 0. The van der Waals surface area contributed by atoms with Crippen molar-refractivity contribution in [2.24, 2.45) is 0 Å². The van der Waals surface area contributed by atoms with Gasteiger partial charge in [-0.05, 0) is 66.6 Å². The smallest absolute Gasteiger partial charge is 0.335 e. The number of aryl methyl sites for hydroxylation is 1. The minimum Gasteiger partial charge on any atom is -0.478 e. The molecule has 0 saturated heterocycles. The molecule has 0 aliphatic carbocycles. The highest BCUT2D eigenvalue weighted by Crippen LogP contribution is 2.37. The van der Waals surface area contributed by atoms with Crippen molar-refractivity contribution in [3.05, 3.63) is 123 Å². The van der Waals surface area contributed by atoms with Crippen LogP contribution in [0, 0.1) is 6.92 Å². The predicted octanol–water partition coefficient (Wildman–Crippen LogP) is 7.72. The Morgan fingerprint density at radius 2 is 1.61 bits per heavy atom. The summed E-state index contributed by atoms with van der Waals surface area (Å²) in [6.45, 7) is 1.80. The third kappa shape index (κ3) is 6.75. The van der Waals surface area contributed by atoms with Gasteiger partial charge in [0.15, 0.2) is 0 Å². The first-order chi connectivity index (χ1) is 18.2. The van der Waals surface area contributed by atoms with E-state index in [0.717, 1.165) is 16.0 Å². The number of thioether (sulfide) groups is 1. The number of nitrogens with one attached hydrogen (secondary N) is 2. The van der Waals surface area contributed by atoms with Gasteiger partial charge in [0, 0.05) is 21.3 Å². The van der Waals surface area contributed by atoms with Gasteiger partial charge >= 0.3 is 5.97 Å². The average Bonchev–Trinajstić information content (AvgIpc) is 2.89. The summed E-state index contributed by atoms with van der Waals surface area (Å²) in [5, 5.41) is 15.1. The van der Waals surface area contributed by atoms with E-state index in [2.05, 4.69) is 10.6 Å². The van der Waals surface area contributed by atoms with Gasteiger partial charge in [0.05, 0.1) is 16.1 Å². The Kier molecular flexibility index (Phi) is 8.73. The maximum atomic E-state index is 13.5. The van der Waals surface area contributed by atoms with E-state index in [1.54, 1.807) is 43.3 Å². The number of amides is 2. The number of carboxylic acid groups (broad SMARTS) is 1. The topological polar surface area (TPSA) is 95.5 Å². The molecule has 2 amide bonds. The quantitative estimate of drug-likeness (QED) is 0.190. The van der Waals surface area contributed by atoms with Gasteiger partial charge in [0.2, 0.25) is 5.91 Å². The fourth-order valence-corrected chi connectivity index (χ4v) is 5.22. The van der Waals surface area contributed by atoms with Gasteiger partial charge < -0.3 is 15.7 Å². The molecule has 192 valence electrons. The first-order valence-electron chi connectivity index (χ1n) is 11.4. The lowest BCUT2D eigenvalue weighted by Gasteiger charge is -2.19. The van der Waals surface area contributed by atoms with Crippen molar-refractivity contribution in [3.63, 3.8) is 0 Å². The summed E-state index contributed by atoms with van der Waals surface area (Å²) in [6.07, 6.45) is 0. The molecule has 4 aromatic rings. The Balaban J connectivity index is 1.57. The summed E-state index contributed by atoms with van der Waals surface area (Å²) < 4.78 is 0. The molecule has 0 bridgehead atoms. The van der Waals surface area contributed by atoms with Gasteiger partial charge in [-0.3, -0.25) is 9.59 Å². The minimum absolute atomic E-state index is 0.0825. The maximum absolute atomic E-state index is 13.5. The van der Waals surface area contributed by atoms with Crippen LogP contribution in [-0.4, -0.2) is 22.9 Å². The van der Waals surface area contributed by atoms with Crippen LogP contribution >= 0.6 is 35.0 Å². The number of anilines is 2. The van der Waals surface area contributed by atoms with E-state index < -0.39 is 11.2 Å². The van der Waals surface area contributed by atoms with E-state index in [9.17, 15) is 19.5 Å². The SMILES string of the molecule is Cc1ccc(C(=O)O)cc1NC(=O)C(Sc1cccc(NC(=O)c2ccc(Cl)cc2Cl)c1)c1ccccc1. The summed E-state index contributed by atoms with van der Waals surface area (Å²) in [5.74, 6) is -1.78.